The Morgan fingerprint density at radius 3 is 2.84 bits per heavy atom. The molecule has 0 spiro atoms. The van der Waals surface area contributed by atoms with Crippen LogP contribution in [0, 0.1) is 5.82 Å². The molecular formula is C18H16FN7O4S. The number of aromatic nitrogens is 6. The maximum Gasteiger partial charge on any atom is 0.331 e. The SMILES string of the molecule is Cn1c(=O)c(C(N)=O)cn(Cc2nnn(C[C@H](O)c3cc4ccc(F)cc4s3)n2)c1=O. The number of hydrogen-bond acceptors (Lipinski definition) is 8. The molecule has 1 aromatic carbocycles. The lowest BCUT2D eigenvalue weighted by Crippen LogP contribution is -2.42. The molecule has 0 aliphatic heterocycles. The van der Waals surface area contributed by atoms with E-state index in [2.05, 4.69) is 15.4 Å². The van der Waals surface area contributed by atoms with Crippen LogP contribution in [0.3, 0.4) is 0 Å². The summed E-state index contributed by atoms with van der Waals surface area (Å²) in [6.45, 7) is -0.178. The van der Waals surface area contributed by atoms with Gasteiger partial charge in [-0.3, -0.25) is 18.7 Å². The van der Waals surface area contributed by atoms with E-state index in [4.69, 9.17) is 5.73 Å². The van der Waals surface area contributed by atoms with E-state index in [0.29, 0.717) is 9.58 Å². The third kappa shape index (κ3) is 4.00. The van der Waals surface area contributed by atoms with Gasteiger partial charge in [0, 0.05) is 22.8 Å². The summed E-state index contributed by atoms with van der Waals surface area (Å²) in [6, 6.07) is 6.14. The van der Waals surface area contributed by atoms with E-state index in [-0.39, 0.29) is 30.3 Å². The summed E-state index contributed by atoms with van der Waals surface area (Å²) in [5.41, 5.74) is 3.37. The lowest BCUT2D eigenvalue weighted by Gasteiger charge is -2.07. The number of rotatable bonds is 6. The number of nitrogens with zero attached hydrogens (tertiary/aromatic N) is 6. The van der Waals surface area contributed by atoms with Gasteiger partial charge in [-0.15, -0.1) is 21.5 Å². The molecule has 0 unspecified atom stereocenters. The third-order valence-corrected chi connectivity index (χ3v) is 5.79. The Morgan fingerprint density at radius 2 is 2.10 bits per heavy atom. The number of hydrogen-bond donors (Lipinski definition) is 2. The molecule has 3 N–H and O–H groups in total. The summed E-state index contributed by atoms with van der Waals surface area (Å²) in [5, 5.41) is 23.1. The Hall–Kier alpha value is -3.71. The van der Waals surface area contributed by atoms with Gasteiger partial charge in [-0.25, -0.2) is 9.18 Å². The molecule has 1 amide bonds. The van der Waals surface area contributed by atoms with E-state index in [0.717, 1.165) is 25.5 Å². The first kappa shape index (κ1) is 20.6. The minimum atomic E-state index is -0.961. The van der Waals surface area contributed by atoms with Crippen molar-refractivity contribution in [2.24, 2.45) is 12.8 Å². The first-order valence-electron chi connectivity index (χ1n) is 8.97. The summed E-state index contributed by atoms with van der Waals surface area (Å²) >= 11 is 1.26. The van der Waals surface area contributed by atoms with E-state index in [1.54, 1.807) is 12.1 Å². The quantitative estimate of drug-likeness (QED) is 0.416. The van der Waals surface area contributed by atoms with Crippen LogP contribution >= 0.6 is 11.3 Å². The topological polar surface area (TPSA) is 151 Å². The van der Waals surface area contributed by atoms with Crippen LogP contribution in [0.2, 0.25) is 0 Å². The van der Waals surface area contributed by atoms with Gasteiger partial charge in [0.25, 0.3) is 11.5 Å². The van der Waals surface area contributed by atoms with Gasteiger partial charge in [0.15, 0.2) is 5.82 Å². The first-order valence-corrected chi connectivity index (χ1v) is 9.78. The van der Waals surface area contributed by atoms with Crippen molar-refractivity contribution in [3.05, 3.63) is 73.4 Å². The van der Waals surface area contributed by atoms with E-state index >= 15 is 0 Å². The number of aliphatic hydroxyl groups excluding tert-OH is 1. The molecule has 160 valence electrons. The van der Waals surface area contributed by atoms with Gasteiger partial charge in [0.05, 0.1) is 13.1 Å². The molecular weight excluding hydrogens is 429 g/mol. The molecule has 4 aromatic rings. The average Bonchev–Trinajstić information content (AvgIpc) is 3.34. The number of tetrazole rings is 1. The first-order chi connectivity index (χ1) is 14.7. The maximum atomic E-state index is 13.4. The molecule has 0 saturated heterocycles. The standard InChI is InChI=1S/C18H16FN7O4S/c1-24-17(29)11(16(20)28)6-25(18(24)30)8-15-21-23-26(22-15)7-12(27)14-4-9-2-3-10(19)5-13(9)31-14/h2-6,12,27H,7-8H2,1H3,(H2,20,28)/t12-/m0/s1. The zero-order valence-corrected chi connectivity index (χ0v) is 16.9. The summed E-state index contributed by atoms with van der Waals surface area (Å²) < 4.78 is 15.9. The second kappa shape index (κ2) is 7.85. The number of thiophene rings is 1. The maximum absolute atomic E-state index is 13.4. The zero-order chi connectivity index (χ0) is 22.3. The Morgan fingerprint density at radius 1 is 1.32 bits per heavy atom. The lowest BCUT2D eigenvalue weighted by molar-refractivity contribution is 0.0997. The normalized spacial score (nSPS) is 12.4. The predicted octanol–water partition coefficient (Wildman–Crippen LogP) is -0.232. The van der Waals surface area contributed by atoms with E-state index in [1.165, 1.54) is 30.5 Å². The fraction of sp³-hybridized carbons (Fsp3) is 0.222. The number of benzene rings is 1. The molecule has 0 saturated carbocycles. The number of halogens is 1. The van der Waals surface area contributed by atoms with Crippen molar-refractivity contribution in [2.75, 3.05) is 0 Å². The summed E-state index contributed by atoms with van der Waals surface area (Å²) in [6.07, 6.45) is 0.100. The highest BCUT2D eigenvalue weighted by atomic mass is 32.1. The highest BCUT2D eigenvalue weighted by Crippen LogP contribution is 2.30. The molecule has 1 atom stereocenters. The number of amides is 1. The summed E-state index contributed by atoms with van der Waals surface area (Å²) in [7, 11) is 1.23. The highest BCUT2D eigenvalue weighted by Gasteiger charge is 2.17. The number of carbonyl (C=O) groups is 1. The van der Waals surface area contributed by atoms with Crippen LogP contribution in [0.25, 0.3) is 10.1 Å². The van der Waals surface area contributed by atoms with Crippen LogP contribution in [-0.4, -0.2) is 40.4 Å². The minimum absolute atomic E-state index is 0.0169. The Bertz CT molecular complexity index is 1420. The van der Waals surface area contributed by atoms with E-state index in [9.17, 15) is 23.9 Å². The van der Waals surface area contributed by atoms with Gasteiger partial charge in [-0.2, -0.15) is 4.80 Å². The number of fused-ring (bicyclic) bond motifs is 1. The van der Waals surface area contributed by atoms with E-state index < -0.39 is 23.3 Å². The van der Waals surface area contributed by atoms with Crippen LogP contribution in [0.4, 0.5) is 4.39 Å². The van der Waals surface area contributed by atoms with Gasteiger partial charge in [-0.05, 0) is 28.8 Å². The molecule has 11 nitrogen and oxygen atoms in total. The minimum Gasteiger partial charge on any atom is -0.386 e. The number of nitrogens with two attached hydrogens (primary N) is 1. The molecule has 3 aromatic heterocycles. The highest BCUT2D eigenvalue weighted by molar-refractivity contribution is 7.19. The van der Waals surface area contributed by atoms with Crippen molar-refractivity contribution in [3.63, 3.8) is 0 Å². The van der Waals surface area contributed by atoms with Crippen LogP contribution in [-0.2, 0) is 20.1 Å². The van der Waals surface area contributed by atoms with Gasteiger partial charge < -0.3 is 10.8 Å². The Labute approximate surface area is 176 Å². The molecule has 3 heterocycles. The second-order valence-electron chi connectivity index (χ2n) is 6.79. The molecule has 0 aliphatic carbocycles. The van der Waals surface area contributed by atoms with Crippen molar-refractivity contribution in [3.8, 4) is 0 Å². The third-order valence-electron chi connectivity index (χ3n) is 4.59. The van der Waals surface area contributed by atoms with Gasteiger partial charge in [-0.1, -0.05) is 6.07 Å². The van der Waals surface area contributed by atoms with Crippen molar-refractivity contribution >= 4 is 27.3 Å². The van der Waals surface area contributed by atoms with Crippen LogP contribution in [0.5, 0.6) is 0 Å². The van der Waals surface area contributed by atoms with E-state index in [1.807, 2.05) is 0 Å². The van der Waals surface area contributed by atoms with Crippen LogP contribution in [0.1, 0.15) is 27.2 Å². The van der Waals surface area contributed by atoms with Crippen molar-refractivity contribution in [2.45, 2.75) is 19.2 Å². The smallest absolute Gasteiger partial charge is 0.331 e. The predicted molar refractivity (Wildman–Crippen MR) is 108 cm³/mol. The monoisotopic (exact) mass is 445 g/mol. The fourth-order valence-corrected chi connectivity index (χ4v) is 4.08. The Balaban J connectivity index is 1.54. The van der Waals surface area contributed by atoms with Gasteiger partial charge >= 0.3 is 5.69 Å². The van der Waals surface area contributed by atoms with Crippen LogP contribution < -0.4 is 17.0 Å². The number of carbonyl (C=O) groups excluding carboxylic acids is 1. The molecule has 0 fully saturated rings. The fourth-order valence-electron chi connectivity index (χ4n) is 3.01. The molecule has 4 rings (SSSR count). The number of aliphatic hydroxyl groups is 1. The average molecular weight is 445 g/mol. The molecule has 0 bridgehead atoms. The molecule has 13 heteroatoms. The summed E-state index contributed by atoms with van der Waals surface area (Å²) in [5.74, 6) is -1.19. The summed E-state index contributed by atoms with van der Waals surface area (Å²) in [4.78, 5) is 37.4. The van der Waals surface area contributed by atoms with Crippen molar-refractivity contribution in [1.82, 2.24) is 29.3 Å². The molecule has 0 radical (unpaired) electrons. The Kier molecular flexibility index (Phi) is 5.20. The largest absolute Gasteiger partial charge is 0.386 e. The molecule has 0 aliphatic rings. The lowest BCUT2D eigenvalue weighted by atomic mass is 10.2. The van der Waals surface area contributed by atoms with Gasteiger partial charge in [0.2, 0.25) is 0 Å². The van der Waals surface area contributed by atoms with Gasteiger partial charge in [0.1, 0.15) is 17.5 Å². The van der Waals surface area contributed by atoms with Crippen LogP contribution in [0.15, 0.2) is 40.1 Å². The number of primary amides is 1. The molecule has 31 heavy (non-hydrogen) atoms. The van der Waals surface area contributed by atoms with Crippen molar-refractivity contribution < 1.29 is 14.3 Å². The zero-order valence-electron chi connectivity index (χ0n) is 16.1. The second-order valence-corrected chi connectivity index (χ2v) is 7.90. The van der Waals surface area contributed by atoms with Crippen molar-refractivity contribution in [1.29, 1.82) is 0 Å².